The zero-order chi connectivity index (χ0) is 17.7. The van der Waals surface area contributed by atoms with Gasteiger partial charge >= 0.3 is 0 Å². The summed E-state index contributed by atoms with van der Waals surface area (Å²) >= 11 is 0. The van der Waals surface area contributed by atoms with Crippen molar-refractivity contribution < 1.29 is 17.6 Å². The van der Waals surface area contributed by atoms with Crippen molar-refractivity contribution in [3.8, 4) is 5.75 Å². The zero-order valence-corrected chi connectivity index (χ0v) is 14.5. The minimum Gasteiger partial charge on any atom is -0.497 e. The number of aromatic nitrogens is 1. The van der Waals surface area contributed by atoms with Crippen molar-refractivity contribution in [3.63, 3.8) is 0 Å². The Labute approximate surface area is 146 Å². The number of hydrogen-bond acceptors (Lipinski definition) is 5. The lowest BCUT2D eigenvalue weighted by atomic mass is 10.3. The molecule has 0 saturated carbocycles. The monoisotopic (exact) mass is 358 g/mol. The van der Waals surface area contributed by atoms with Gasteiger partial charge in [-0.1, -0.05) is 12.1 Å². The van der Waals surface area contributed by atoms with Crippen molar-refractivity contribution in [2.45, 2.75) is 18.0 Å². The summed E-state index contributed by atoms with van der Waals surface area (Å²) in [4.78, 5) is 4.39. The molecule has 0 N–H and O–H groups in total. The van der Waals surface area contributed by atoms with E-state index in [1.54, 1.807) is 48.7 Å². The van der Waals surface area contributed by atoms with Crippen LogP contribution < -0.4 is 4.74 Å². The van der Waals surface area contributed by atoms with Gasteiger partial charge in [-0.05, 0) is 36.4 Å². The maximum atomic E-state index is 13.1. The van der Waals surface area contributed by atoms with Crippen LogP contribution in [0.5, 0.6) is 5.75 Å². The van der Waals surface area contributed by atoms with Crippen LogP contribution in [0.1, 0.15) is 11.5 Å². The average Bonchev–Trinajstić information content (AvgIpc) is 3.15. The van der Waals surface area contributed by atoms with E-state index >= 15 is 0 Å². The standard InChI is InChI=1S/C18H18N2O4S/c1-23-16-7-4-9-18(12-16)25(21,22)20(14-17-8-5-11-24-17)13-15-6-2-3-10-19-15/h2-12H,13-14H2,1H3. The Morgan fingerprint density at radius 1 is 1.08 bits per heavy atom. The van der Waals surface area contributed by atoms with Crippen LogP contribution in [0.2, 0.25) is 0 Å². The smallest absolute Gasteiger partial charge is 0.243 e. The molecule has 2 heterocycles. The number of pyridine rings is 1. The molecule has 0 bridgehead atoms. The van der Waals surface area contributed by atoms with Crippen LogP contribution >= 0.6 is 0 Å². The maximum absolute atomic E-state index is 13.1. The van der Waals surface area contributed by atoms with Crippen LogP contribution in [0.25, 0.3) is 0 Å². The van der Waals surface area contributed by atoms with Crippen molar-refractivity contribution >= 4 is 10.0 Å². The predicted octanol–water partition coefficient (Wildman–Crippen LogP) is 3.07. The zero-order valence-electron chi connectivity index (χ0n) is 13.7. The van der Waals surface area contributed by atoms with Crippen LogP contribution in [0.3, 0.4) is 0 Å². The highest BCUT2D eigenvalue weighted by atomic mass is 32.2. The summed E-state index contributed by atoms with van der Waals surface area (Å²) in [6.07, 6.45) is 3.16. The van der Waals surface area contributed by atoms with E-state index in [1.807, 2.05) is 6.07 Å². The van der Waals surface area contributed by atoms with Crippen LogP contribution in [0.15, 0.2) is 76.4 Å². The lowest BCUT2D eigenvalue weighted by molar-refractivity contribution is 0.355. The van der Waals surface area contributed by atoms with Gasteiger partial charge in [0.1, 0.15) is 11.5 Å². The van der Waals surface area contributed by atoms with Crippen molar-refractivity contribution in [1.29, 1.82) is 0 Å². The fourth-order valence-corrected chi connectivity index (χ4v) is 3.80. The van der Waals surface area contributed by atoms with Gasteiger partial charge in [-0.3, -0.25) is 4.98 Å². The lowest BCUT2D eigenvalue weighted by Gasteiger charge is -2.21. The van der Waals surface area contributed by atoms with Gasteiger partial charge in [0.15, 0.2) is 0 Å². The lowest BCUT2D eigenvalue weighted by Crippen LogP contribution is -2.30. The highest BCUT2D eigenvalue weighted by Gasteiger charge is 2.26. The Bertz CT molecular complexity index is 909. The van der Waals surface area contributed by atoms with Crippen molar-refractivity contribution in [3.05, 3.63) is 78.5 Å². The summed E-state index contributed by atoms with van der Waals surface area (Å²) in [6, 6.07) is 15.3. The van der Waals surface area contributed by atoms with E-state index in [1.165, 1.54) is 23.7 Å². The predicted molar refractivity (Wildman–Crippen MR) is 92.4 cm³/mol. The van der Waals surface area contributed by atoms with Gasteiger partial charge in [-0.2, -0.15) is 4.31 Å². The SMILES string of the molecule is COc1cccc(S(=O)(=O)N(Cc2ccccn2)Cc2ccco2)c1. The molecule has 6 nitrogen and oxygen atoms in total. The van der Waals surface area contributed by atoms with E-state index in [9.17, 15) is 8.42 Å². The highest BCUT2D eigenvalue weighted by molar-refractivity contribution is 7.89. The molecule has 3 rings (SSSR count). The first-order chi connectivity index (χ1) is 12.1. The third-order valence-electron chi connectivity index (χ3n) is 3.66. The number of methoxy groups -OCH3 is 1. The summed E-state index contributed by atoms with van der Waals surface area (Å²) in [7, 11) is -2.25. The molecule has 0 atom stereocenters. The third-order valence-corrected chi connectivity index (χ3v) is 5.44. The minimum absolute atomic E-state index is 0.114. The summed E-state index contributed by atoms with van der Waals surface area (Å²) in [6.45, 7) is 0.254. The Morgan fingerprint density at radius 2 is 1.96 bits per heavy atom. The van der Waals surface area contributed by atoms with E-state index < -0.39 is 10.0 Å². The van der Waals surface area contributed by atoms with Gasteiger partial charge in [0, 0.05) is 12.3 Å². The number of ether oxygens (including phenoxy) is 1. The quantitative estimate of drug-likeness (QED) is 0.649. The molecular formula is C18H18N2O4S. The Balaban J connectivity index is 1.96. The van der Waals surface area contributed by atoms with E-state index in [0.717, 1.165) is 0 Å². The molecule has 0 aliphatic rings. The van der Waals surface area contributed by atoms with Crippen LogP contribution in [0, 0.1) is 0 Å². The summed E-state index contributed by atoms with van der Waals surface area (Å²) < 4.78 is 38.1. The molecule has 0 radical (unpaired) electrons. The number of nitrogens with zero attached hydrogens (tertiary/aromatic N) is 2. The first-order valence-corrected chi connectivity index (χ1v) is 9.10. The average molecular weight is 358 g/mol. The second-order valence-corrected chi connectivity index (χ2v) is 7.29. The topological polar surface area (TPSA) is 72.6 Å². The van der Waals surface area contributed by atoms with Gasteiger partial charge < -0.3 is 9.15 Å². The van der Waals surface area contributed by atoms with Crippen molar-refractivity contribution in [2.75, 3.05) is 7.11 Å². The van der Waals surface area contributed by atoms with Crippen molar-refractivity contribution in [2.24, 2.45) is 0 Å². The number of benzene rings is 1. The molecule has 130 valence electrons. The fraction of sp³-hybridized carbons (Fsp3) is 0.167. The van der Waals surface area contributed by atoms with Crippen molar-refractivity contribution in [1.82, 2.24) is 9.29 Å². The largest absolute Gasteiger partial charge is 0.497 e. The van der Waals surface area contributed by atoms with Crippen LogP contribution in [0.4, 0.5) is 0 Å². The van der Waals surface area contributed by atoms with E-state index in [-0.39, 0.29) is 18.0 Å². The van der Waals surface area contributed by atoms with Crippen LogP contribution in [-0.4, -0.2) is 24.8 Å². The van der Waals surface area contributed by atoms with Gasteiger partial charge in [-0.25, -0.2) is 8.42 Å². The Morgan fingerprint density at radius 3 is 2.64 bits per heavy atom. The molecular weight excluding hydrogens is 340 g/mol. The Hall–Kier alpha value is -2.64. The number of rotatable bonds is 7. The van der Waals surface area contributed by atoms with Gasteiger partial charge in [0.25, 0.3) is 0 Å². The molecule has 0 fully saturated rings. The molecule has 3 aromatic rings. The molecule has 0 spiro atoms. The summed E-state index contributed by atoms with van der Waals surface area (Å²) in [5, 5.41) is 0. The normalized spacial score (nSPS) is 11.6. The molecule has 7 heteroatoms. The first kappa shape index (κ1) is 17.2. The van der Waals surface area contributed by atoms with E-state index in [0.29, 0.717) is 17.2 Å². The third kappa shape index (κ3) is 4.07. The molecule has 0 unspecified atom stereocenters. The molecule has 1 aromatic carbocycles. The highest BCUT2D eigenvalue weighted by Crippen LogP contribution is 2.24. The molecule has 0 aliphatic carbocycles. The second-order valence-electron chi connectivity index (χ2n) is 5.35. The first-order valence-electron chi connectivity index (χ1n) is 7.66. The van der Waals surface area contributed by atoms with Gasteiger partial charge in [-0.15, -0.1) is 0 Å². The summed E-state index contributed by atoms with van der Waals surface area (Å²) in [5.41, 5.74) is 0.653. The number of hydrogen-bond donors (Lipinski definition) is 0. The molecule has 2 aromatic heterocycles. The minimum atomic E-state index is -3.75. The van der Waals surface area contributed by atoms with Crippen LogP contribution in [-0.2, 0) is 23.1 Å². The number of furan rings is 1. The molecule has 0 saturated heterocycles. The van der Waals surface area contributed by atoms with E-state index in [4.69, 9.17) is 9.15 Å². The molecule has 0 amide bonds. The van der Waals surface area contributed by atoms with E-state index in [2.05, 4.69) is 4.98 Å². The fourth-order valence-electron chi connectivity index (χ4n) is 2.39. The summed E-state index contributed by atoms with van der Waals surface area (Å²) in [5.74, 6) is 1.04. The Kier molecular flexibility index (Phi) is 5.16. The number of sulfonamides is 1. The van der Waals surface area contributed by atoms with Gasteiger partial charge in [0.2, 0.25) is 10.0 Å². The molecule has 25 heavy (non-hydrogen) atoms. The van der Waals surface area contributed by atoms with Gasteiger partial charge in [0.05, 0.1) is 37.1 Å². The second kappa shape index (κ2) is 7.50. The molecule has 0 aliphatic heterocycles. The maximum Gasteiger partial charge on any atom is 0.243 e.